The van der Waals surface area contributed by atoms with E-state index in [0.717, 1.165) is 5.56 Å². The van der Waals surface area contributed by atoms with Crippen molar-refractivity contribution in [2.45, 2.75) is 26.8 Å². The maximum atomic E-state index is 13.1. The van der Waals surface area contributed by atoms with Crippen molar-refractivity contribution in [3.8, 4) is 0 Å². The molecular formula is C18H24FN3O3. The van der Waals surface area contributed by atoms with Crippen LogP contribution in [0.1, 0.15) is 32.4 Å². The number of hydrogen-bond donors (Lipinski definition) is 3. The maximum absolute atomic E-state index is 13.1. The van der Waals surface area contributed by atoms with Gasteiger partial charge in [-0.15, -0.1) is 0 Å². The van der Waals surface area contributed by atoms with Gasteiger partial charge in [0, 0.05) is 18.3 Å². The van der Waals surface area contributed by atoms with Crippen molar-refractivity contribution in [3.05, 3.63) is 46.9 Å². The Labute approximate surface area is 146 Å². The van der Waals surface area contributed by atoms with Gasteiger partial charge in [-0.05, 0) is 30.5 Å². The van der Waals surface area contributed by atoms with Crippen LogP contribution in [-0.4, -0.2) is 31.7 Å². The number of ether oxygens (including phenoxy) is 1. The Kier molecular flexibility index (Phi) is 6.52. The third kappa shape index (κ3) is 5.03. The Balaban J connectivity index is 2.17. The molecule has 0 unspecified atom stereocenters. The van der Waals surface area contributed by atoms with E-state index in [2.05, 4.69) is 16.0 Å². The van der Waals surface area contributed by atoms with Crippen molar-refractivity contribution in [2.24, 2.45) is 5.92 Å². The third-order valence-electron chi connectivity index (χ3n) is 3.97. The number of benzene rings is 1. The molecule has 2 amide bonds. The number of carbonyl (C=O) groups excluding carboxylic acids is 2. The van der Waals surface area contributed by atoms with Gasteiger partial charge < -0.3 is 20.7 Å². The minimum Gasteiger partial charge on any atom is -0.463 e. The standard InChI is InChI=1S/C18H24FN3O3/c1-4-25-17(23)14-9-21-18(24)22-15(14)10-20-16(11(2)3)12-5-7-13(19)8-6-12/h5-8,11,16,20H,4,9-10H2,1-3H3,(H2,21,22,24)/t16-/m1/s1. The van der Waals surface area contributed by atoms with Crippen molar-refractivity contribution in [2.75, 3.05) is 19.7 Å². The second-order valence-electron chi connectivity index (χ2n) is 6.14. The quantitative estimate of drug-likeness (QED) is 0.660. The van der Waals surface area contributed by atoms with Crippen molar-refractivity contribution >= 4 is 12.0 Å². The van der Waals surface area contributed by atoms with Gasteiger partial charge in [0.15, 0.2) is 0 Å². The van der Waals surface area contributed by atoms with Crippen molar-refractivity contribution in [1.82, 2.24) is 16.0 Å². The number of esters is 1. The summed E-state index contributed by atoms with van der Waals surface area (Å²) in [5.74, 6) is -0.506. The van der Waals surface area contributed by atoms with E-state index in [0.29, 0.717) is 17.8 Å². The number of amides is 2. The van der Waals surface area contributed by atoms with Gasteiger partial charge in [0.1, 0.15) is 5.82 Å². The number of nitrogens with one attached hydrogen (secondary N) is 3. The molecule has 25 heavy (non-hydrogen) atoms. The Morgan fingerprint density at radius 2 is 2.00 bits per heavy atom. The lowest BCUT2D eigenvalue weighted by molar-refractivity contribution is -0.138. The monoisotopic (exact) mass is 349 g/mol. The van der Waals surface area contributed by atoms with E-state index in [1.54, 1.807) is 19.1 Å². The van der Waals surface area contributed by atoms with Crippen LogP contribution in [0.3, 0.4) is 0 Å². The zero-order valence-electron chi connectivity index (χ0n) is 14.7. The largest absolute Gasteiger partial charge is 0.463 e. The average molecular weight is 349 g/mol. The zero-order chi connectivity index (χ0) is 18.4. The second kappa shape index (κ2) is 8.62. The summed E-state index contributed by atoms with van der Waals surface area (Å²) in [6, 6.07) is 5.89. The SMILES string of the molecule is CCOC(=O)C1=C(CN[C@@H](c2ccc(F)cc2)C(C)C)NC(=O)NC1. The molecule has 136 valence electrons. The van der Waals surface area contributed by atoms with Gasteiger partial charge in [-0.25, -0.2) is 14.0 Å². The predicted molar refractivity (Wildman–Crippen MR) is 92.2 cm³/mol. The Bertz CT molecular complexity index is 656. The summed E-state index contributed by atoms with van der Waals surface area (Å²) in [4.78, 5) is 23.7. The topological polar surface area (TPSA) is 79.5 Å². The normalized spacial score (nSPS) is 15.6. The van der Waals surface area contributed by atoms with Gasteiger partial charge in [-0.1, -0.05) is 26.0 Å². The maximum Gasteiger partial charge on any atom is 0.337 e. The van der Waals surface area contributed by atoms with Crippen LogP contribution >= 0.6 is 0 Å². The Hall–Kier alpha value is -2.41. The molecule has 1 aliphatic rings. The fourth-order valence-corrected chi connectivity index (χ4v) is 2.72. The molecule has 0 spiro atoms. The molecule has 1 aromatic carbocycles. The molecule has 0 bridgehead atoms. The van der Waals surface area contributed by atoms with Crippen LogP contribution in [0.25, 0.3) is 0 Å². The van der Waals surface area contributed by atoms with Crippen LogP contribution in [0.2, 0.25) is 0 Å². The highest BCUT2D eigenvalue weighted by atomic mass is 19.1. The van der Waals surface area contributed by atoms with Crippen LogP contribution in [0.4, 0.5) is 9.18 Å². The molecular weight excluding hydrogens is 325 g/mol. The summed E-state index contributed by atoms with van der Waals surface area (Å²) in [6.07, 6.45) is 0. The second-order valence-corrected chi connectivity index (χ2v) is 6.14. The van der Waals surface area contributed by atoms with Crippen LogP contribution in [-0.2, 0) is 9.53 Å². The van der Waals surface area contributed by atoms with Crippen LogP contribution < -0.4 is 16.0 Å². The molecule has 1 aliphatic heterocycles. The summed E-state index contributed by atoms with van der Waals surface area (Å²) in [5, 5.41) is 8.58. The fourth-order valence-electron chi connectivity index (χ4n) is 2.72. The number of rotatable bonds is 7. The summed E-state index contributed by atoms with van der Waals surface area (Å²) >= 11 is 0. The number of carbonyl (C=O) groups is 2. The lowest BCUT2D eigenvalue weighted by Crippen LogP contribution is -2.46. The van der Waals surface area contributed by atoms with Crippen LogP contribution in [0, 0.1) is 11.7 Å². The molecule has 6 nitrogen and oxygen atoms in total. The van der Waals surface area contributed by atoms with Crippen LogP contribution in [0.15, 0.2) is 35.5 Å². The molecule has 0 aliphatic carbocycles. The third-order valence-corrected chi connectivity index (χ3v) is 3.97. The Morgan fingerprint density at radius 1 is 1.32 bits per heavy atom. The first-order valence-corrected chi connectivity index (χ1v) is 8.35. The lowest BCUT2D eigenvalue weighted by atomic mass is 9.95. The number of urea groups is 1. The van der Waals surface area contributed by atoms with E-state index in [-0.39, 0.29) is 37.0 Å². The molecule has 1 aromatic rings. The van der Waals surface area contributed by atoms with E-state index in [9.17, 15) is 14.0 Å². The van der Waals surface area contributed by atoms with E-state index in [1.165, 1.54) is 12.1 Å². The number of halogens is 1. The minimum atomic E-state index is -0.449. The first-order valence-electron chi connectivity index (χ1n) is 8.35. The van der Waals surface area contributed by atoms with Crippen molar-refractivity contribution < 1.29 is 18.7 Å². The molecule has 1 atom stereocenters. The van der Waals surface area contributed by atoms with Gasteiger partial charge >= 0.3 is 12.0 Å². The summed E-state index contributed by atoms with van der Waals surface area (Å²) in [5.41, 5.74) is 1.83. The minimum absolute atomic E-state index is 0.0525. The lowest BCUT2D eigenvalue weighted by Gasteiger charge is -2.26. The molecule has 0 fully saturated rings. The molecule has 0 saturated carbocycles. The van der Waals surface area contributed by atoms with Gasteiger partial charge in [0.05, 0.1) is 18.7 Å². The highest BCUT2D eigenvalue weighted by molar-refractivity contribution is 5.93. The van der Waals surface area contributed by atoms with E-state index >= 15 is 0 Å². The van der Waals surface area contributed by atoms with E-state index < -0.39 is 5.97 Å². The summed E-state index contributed by atoms with van der Waals surface area (Å²) < 4.78 is 18.2. The van der Waals surface area contributed by atoms with Crippen LogP contribution in [0.5, 0.6) is 0 Å². The zero-order valence-corrected chi connectivity index (χ0v) is 14.7. The molecule has 0 radical (unpaired) electrons. The van der Waals surface area contributed by atoms with Gasteiger partial charge in [0.25, 0.3) is 0 Å². The first kappa shape index (κ1) is 18.9. The van der Waals surface area contributed by atoms with Crippen molar-refractivity contribution in [1.29, 1.82) is 0 Å². The highest BCUT2D eigenvalue weighted by Crippen LogP contribution is 2.22. The van der Waals surface area contributed by atoms with E-state index in [1.807, 2.05) is 13.8 Å². The highest BCUT2D eigenvalue weighted by Gasteiger charge is 2.25. The molecule has 0 aromatic heterocycles. The first-order chi connectivity index (χ1) is 11.9. The summed E-state index contributed by atoms with van der Waals surface area (Å²) in [7, 11) is 0. The molecule has 3 N–H and O–H groups in total. The molecule has 1 heterocycles. The fraction of sp³-hybridized carbons (Fsp3) is 0.444. The summed E-state index contributed by atoms with van der Waals surface area (Å²) in [6.45, 7) is 6.51. The van der Waals surface area contributed by atoms with Gasteiger partial charge in [-0.2, -0.15) is 0 Å². The molecule has 2 rings (SSSR count). The number of hydrogen-bond acceptors (Lipinski definition) is 4. The predicted octanol–water partition coefficient (Wildman–Crippen LogP) is 2.24. The van der Waals surface area contributed by atoms with Crippen molar-refractivity contribution in [3.63, 3.8) is 0 Å². The average Bonchev–Trinajstić information content (AvgIpc) is 2.56. The Morgan fingerprint density at radius 3 is 2.60 bits per heavy atom. The van der Waals surface area contributed by atoms with Gasteiger partial charge in [0.2, 0.25) is 0 Å². The molecule has 0 saturated heterocycles. The van der Waals surface area contributed by atoms with E-state index in [4.69, 9.17) is 4.74 Å². The molecule has 7 heteroatoms. The smallest absolute Gasteiger partial charge is 0.337 e. The van der Waals surface area contributed by atoms with Gasteiger partial charge in [-0.3, -0.25) is 0 Å².